The summed E-state index contributed by atoms with van der Waals surface area (Å²) in [6.07, 6.45) is 1.85. The van der Waals surface area contributed by atoms with Gasteiger partial charge in [-0.1, -0.05) is 6.08 Å². The lowest BCUT2D eigenvalue weighted by Crippen LogP contribution is -2.24. The van der Waals surface area contributed by atoms with E-state index in [4.69, 9.17) is 4.74 Å². The highest BCUT2D eigenvalue weighted by Crippen LogP contribution is 2.10. The van der Waals surface area contributed by atoms with Crippen molar-refractivity contribution in [2.75, 3.05) is 26.7 Å². The largest absolute Gasteiger partial charge is 0.492 e. The zero-order valence-corrected chi connectivity index (χ0v) is 8.95. The smallest absolute Gasteiger partial charge is 0.123 e. The maximum atomic E-state index is 12.6. The molecule has 3 heteroatoms. The predicted molar refractivity (Wildman–Crippen MR) is 59.6 cm³/mol. The zero-order chi connectivity index (χ0) is 11.1. The molecule has 0 saturated carbocycles. The maximum Gasteiger partial charge on any atom is 0.123 e. The van der Waals surface area contributed by atoms with Crippen molar-refractivity contribution >= 4 is 0 Å². The van der Waals surface area contributed by atoms with Gasteiger partial charge >= 0.3 is 0 Å². The molecule has 0 spiro atoms. The number of likely N-dealkylation sites (N-methyl/N-ethyl adjacent to an activating group) is 1. The molecule has 15 heavy (non-hydrogen) atoms. The van der Waals surface area contributed by atoms with E-state index in [0.29, 0.717) is 12.4 Å². The number of rotatable bonds is 6. The van der Waals surface area contributed by atoms with Crippen LogP contribution in [-0.4, -0.2) is 31.6 Å². The third-order valence-electron chi connectivity index (χ3n) is 2.00. The Labute approximate surface area is 90.0 Å². The lowest BCUT2D eigenvalue weighted by molar-refractivity contribution is 0.249. The first-order valence-electron chi connectivity index (χ1n) is 4.90. The van der Waals surface area contributed by atoms with E-state index in [-0.39, 0.29) is 5.82 Å². The number of hydrogen-bond donors (Lipinski definition) is 0. The molecule has 0 aromatic heterocycles. The van der Waals surface area contributed by atoms with Gasteiger partial charge in [0, 0.05) is 13.1 Å². The van der Waals surface area contributed by atoms with Gasteiger partial charge in [0.1, 0.15) is 18.2 Å². The third kappa shape index (κ3) is 4.61. The van der Waals surface area contributed by atoms with Crippen LogP contribution in [0.5, 0.6) is 5.75 Å². The van der Waals surface area contributed by atoms with Crippen LogP contribution in [0.3, 0.4) is 0 Å². The summed E-state index contributed by atoms with van der Waals surface area (Å²) in [5.74, 6) is 0.453. The summed E-state index contributed by atoms with van der Waals surface area (Å²) >= 11 is 0. The second-order valence-electron chi connectivity index (χ2n) is 3.35. The average Bonchev–Trinajstić information content (AvgIpc) is 2.21. The normalized spacial score (nSPS) is 10.3. The van der Waals surface area contributed by atoms with E-state index in [1.165, 1.54) is 12.1 Å². The molecule has 0 N–H and O–H groups in total. The molecule has 0 atom stereocenters. The molecule has 0 aliphatic carbocycles. The summed E-state index contributed by atoms with van der Waals surface area (Å²) in [6.45, 7) is 5.91. The van der Waals surface area contributed by atoms with E-state index in [2.05, 4.69) is 11.5 Å². The Hall–Kier alpha value is -1.35. The Morgan fingerprint density at radius 2 is 2.07 bits per heavy atom. The van der Waals surface area contributed by atoms with Gasteiger partial charge in [-0.25, -0.2) is 4.39 Å². The van der Waals surface area contributed by atoms with Crippen LogP contribution < -0.4 is 4.74 Å². The van der Waals surface area contributed by atoms with Crippen molar-refractivity contribution in [3.63, 3.8) is 0 Å². The zero-order valence-electron chi connectivity index (χ0n) is 8.95. The maximum absolute atomic E-state index is 12.6. The summed E-state index contributed by atoms with van der Waals surface area (Å²) in [7, 11) is 2.00. The molecule has 0 aliphatic heterocycles. The van der Waals surface area contributed by atoms with Gasteiger partial charge in [-0.15, -0.1) is 6.58 Å². The molecule has 0 heterocycles. The average molecular weight is 209 g/mol. The van der Waals surface area contributed by atoms with Crippen LogP contribution in [0.15, 0.2) is 36.9 Å². The van der Waals surface area contributed by atoms with Crippen LogP contribution in [-0.2, 0) is 0 Å². The highest BCUT2D eigenvalue weighted by Gasteiger charge is 1.97. The van der Waals surface area contributed by atoms with Crippen LogP contribution in [0.4, 0.5) is 4.39 Å². The summed E-state index contributed by atoms with van der Waals surface area (Å²) in [5, 5.41) is 0. The fourth-order valence-corrected chi connectivity index (χ4v) is 1.16. The molecule has 0 bridgehead atoms. The van der Waals surface area contributed by atoms with E-state index in [0.717, 1.165) is 13.1 Å². The van der Waals surface area contributed by atoms with E-state index < -0.39 is 0 Å². The fraction of sp³-hybridized carbons (Fsp3) is 0.333. The van der Waals surface area contributed by atoms with Crippen LogP contribution in [0.2, 0.25) is 0 Å². The summed E-state index contributed by atoms with van der Waals surface area (Å²) in [4.78, 5) is 2.09. The van der Waals surface area contributed by atoms with Gasteiger partial charge in [0.05, 0.1) is 0 Å². The van der Waals surface area contributed by atoms with Crippen LogP contribution >= 0.6 is 0 Å². The Morgan fingerprint density at radius 3 is 2.67 bits per heavy atom. The van der Waals surface area contributed by atoms with Crippen molar-refractivity contribution in [3.8, 4) is 5.75 Å². The van der Waals surface area contributed by atoms with E-state index >= 15 is 0 Å². The Bertz CT molecular complexity index is 297. The molecule has 0 radical (unpaired) electrons. The van der Waals surface area contributed by atoms with Crippen molar-refractivity contribution in [2.24, 2.45) is 0 Å². The number of halogens is 1. The van der Waals surface area contributed by atoms with Gasteiger partial charge in [0.15, 0.2) is 0 Å². The number of benzene rings is 1. The molecular weight excluding hydrogens is 193 g/mol. The minimum Gasteiger partial charge on any atom is -0.492 e. The second kappa shape index (κ2) is 6.19. The Morgan fingerprint density at radius 1 is 1.40 bits per heavy atom. The monoisotopic (exact) mass is 209 g/mol. The van der Waals surface area contributed by atoms with Crippen molar-refractivity contribution in [1.29, 1.82) is 0 Å². The molecule has 82 valence electrons. The van der Waals surface area contributed by atoms with Gasteiger partial charge in [-0.05, 0) is 31.3 Å². The lowest BCUT2D eigenvalue weighted by atomic mass is 10.3. The highest BCUT2D eigenvalue weighted by molar-refractivity contribution is 5.21. The first kappa shape index (κ1) is 11.7. The minimum absolute atomic E-state index is 0.244. The molecule has 2 nitrogen and oxygen atoms in total. The van der Waals surface area contributed by atoms with Crippen molar-refractivity contribution in [3.05, 3.63) is 42.7 Å². The van der Waals surface area contributed by atoms with E-state index in [9.17, 15) is 4.39 Å². The van der Waals surface area contributed by atoms with Crippen LogP contribution in [0.25, 0.3) is 0 Å². The molecule has 1 aromatic carbocycles. The van der Waals surface area contributed by atoms with Crippen LogP contribution in [0.1, 0.15) is 0 Å². The Balaban J connectivity index is 2.25. The molecule has 0 saturated heterocycles. The van der Waals surface area contributed by atoms with Crippen molar-refractivity contribution in [1.82, 2.24) is 4.90 Å². The molecule has 1 rings (SSSR count). The first-order chi connectivity index (χ1) is 7.22. The Kier molecular flexibility index (Phi) is 4.84. The van der Waals surface area contributed by atoms with Gasteiger partial charge in [-0.3, -0.25) is 4.90 Å². The van der Waals surface area contributed by atoms with Gasteiger partial charge in [0.2, 0.25) is 0 Å². The molecule has 0 unspecified atom stereocenters. The first-order valence-corrected chi connectivity index (χ1v) is 4.90. The van der Waals surface area contributed by atoms with Crippen molar-refractivity contribution in [2.45, 2.75) is 0 Å². The van der Waals surface area contributed by atoms with Crippen molar-refractivity contribution < 1.29 is 9.13 Å². The number of hydrogen-bond acceptors (Lipinski definition) is 2. The summed E-state index contributed by atoms with van der Waals surface area (Å²) in [5.41, 5.74) is 0. The molecule has 0 fully saturated rings. The van der Waals surface area contributed by atoms with E-state index in [1.807, 2.05) is 13.1 Å². The SMILES string of the molecule is C=CCN(C)CCOc1ccc(F)cc1. The number of nitrogens with zero attached hydrogens (tertiary/aromatic N) is 1. The predicted octanol–water partition coefficient (Wildman–Crippen LogP) is 2.32. The lowest BCUT2D eigenvalue weighted by Gasteiger charge is -2.14. The van der Waals surface area contributed by atoms with E-state index in [1.54, 1.807) is 12.1 Å². The topological polar surface area (TPSA) is 12.5 Å². The highest BCUT2D eigenvalue weighted by atomic mass is 19.1. The number of ether oxygens (including phenoxy) is 1. The molecular formula is C12H16FNO. The second-order valence-corrected chi connectivity index (χ2v) is 3.35. The molecule has 0 amide bonds. The summed E-state index contributed by atoms with van der Waals surface area (Å²) in [6, 6.07) is 6.04. The molecule has 1 aromatic rings. The minimum atomic E-state index is -0.244. The fourth-order valence-electron chi connectivity index (χ4n) is 1.16. The van der Waals surface area contributed by atoms with Crippen LogP contribution in [0, 0.1) is 5.82 Å². The van der Waals surface area contributed by atoms with Gasteiger partial charge < -0.3 is 4.74 Å². The van der Waals surface area contributed by atoms with Gasteiger partial charge in [-0.2, -0.15) is 0 Å². The summed E-state index contributed by atoms with van der Waals surface area (Å²) < 4.78 is 18.0. The van der Waals surface area contributed by atoms with Gasteiger partial charge in [0.25, 0.3) is 0 Å². The molecule has 0 aliphatic rings. The third-order valence-corrected chi connectivity index (χ3v) is 2.00. The quantitative estimate of drug-likeness (QED) is 0.667. The standard InChI is InChI=1S/C12H16FNO/c1-3-8-14(2)9-10-15-12-6-4-11(13)5-7-12/h3-7H,1,8-10H2,2H3.